The van der Waals surface area contributed by atoms with E-state index in [9.17, 15) is 9.59 Å². The van der Waals surface area contributed by atoms with Gasteiger partial charge in [-0.3, -0.25) is 9.59 Å². The standard InChI is InChI=1S/C21H23N5O2S/c1-14-5-6-17(12-15(14)2)26-13-18(23-24-26)21(28)25-9-7-16(8-10-25)22-20(27)19-4-3-11-29-19/h3-6,11-13,16H,7-10H2,1-2H3,(H,22,27). The lowest BCUT2D eigenvalue weighted by atomic mass is 10.0. The minimum absolute atomic E-state index is 0.0406. The Balaban J connectivity index is 1.35. The van der Waals surface area contributed by atoms with Crippen LogP contribution in [0.3, 0.4) is 0 Å². The molecular formula is C21H23N5O2S. The van der Waals surface area contributed by atoms with Gasteiger partial charge in [-0.2, -0.15) is 0 Å². The first-order valence-corrected chi connectivity index (χ1v) is 10.5. The molecule has 1 aliphatic heterocycles. The fourth-order valence-electron chi connectivity index (χ4n) is 3.41. The molecule has 2 aromatic heterocycles. The molecule has 0 atom stereocenters. The van der Waals surface area contributed by atoms with Gasteiger partial charge >= 0.3 is 0 Å². The minimum atomic E-state index is -0.122. The zero-order valence-electron chi connectivity index (χ0n) is 16.5. The number of nitrogens with one attached hydrogen (secondary N) is 1. The number of piperidine rings is 1. The Bertz CT molecular complexity index is 1020. The van der Waals surface area contributed by atoms with Gasteiger partial charge in [0.1, 0.15) is 0 Å². The van der Waals surface area contributed by atoms with Crippen molar-refractivity contribution in [3.05, 3.63) is 63.6 Å². The maximum absolute atomic E-state index is 12.8. The highest BCUT2D eigenvalue weighted by molar-refractivity contribution is 7.12. The number of amides is 2. The highest BCUT2D eigenvalue weighted by Gasteiger charge is 2.26. The number of aromatic nitrogens is 3. The number of benzene rings is 1. The van der Waals surface area contributed by atoms with Crippen molar-refractivity contribution in [3.63, 3.8) is 0 Å². The van der Waals surface area contributed by atoms with Gasteiger partial charge in [-0.1, -0.05) is 17.3 Å². The highest BCUT2D eigenvalue weighted by Crippen LogP contribution is 2.17. The number of likely N-dealkylation sites (tertiary alicyclic amines) is 1. The Morgan fingerprint density at radius 1 is 1.14 bits per heavy atom. The van der Waals surface area contributed by atoms with Gasteiger partial charge in [-0.05, 0) is 61.4 Å². The van der Waals surface area contributed by atoms with Gasteiger partial charge in [-0.25, -0.2) is 4.68 Å². The van der Waals surface area contributed by atoms with Crippen molar-refractivity contribution >= 4 is 23.2 Å². The van der Waals surface area contributed by atoms with E-state index in [2.05, 4.69) is 22.6 Å². The van der Waals surface area contributed by atoms with Gasteiger partial charge in [0.2, 0.25) is 0 Å². The molecule has 1 N–H and O–H groups in total. The Morgan fingerprint density at radius 3 is 2.62 bits per heavy atom. The van der Waals surface area contributed by atoms with Crippen molar-refractivity contribution in [3.8, 4) is 5.69 Å². The summed E-state index contributed by atoms with van der Waals surface area (Å²) in [5.41, 5.74) is 3.59. The van der Waals surface area contributed by atoms with Crippen LogP contribution in [-0.4, -0.2) is 50.8 Å². The SMILES string of the molecule is Cc1ccc(-n2cc(C(=O)N3CCC(NC(=O)c4cccs4)CC3)nn2)cc1C. The summed E-state index contributed by atoms with van der Waals surface area (Å²) in [6.45, 7) is 5.28. The molecule has 1 saturated heterocycles. The molecule has 0 radical (unpaired) electrons. The van der Waals surface area contributed by atoms with E-state index < -0.39 is 0 Å². The first kappa shape index (κ1) is 19.3. The van der Waals surface area contributed by atoms with Crippen LogP contribution < -0.4 is 5.32 Å². The molecule has 0 unspecified atom stereocenters. The first-order chi connectivity index (χ1) is 14.0. The fraction of sp³-hybridized carbons (Fsp3) is 0.333. The van der Waals surface area contributed by atoms with Gasteiger partial charge < -0.3 is 10.2 Å². The van der Waals surface area contributed by atoms with Crippen molar-refractivity contribution in [2.75, 3.05) is 13.1 Å². The van der Waals surface area contributed by atoms with Gasteiger partial charge in [-0.15, -0.1) is 16.4 Å². The minimum Gasteiger partial charge on any atom is -0.348 e. The zero-order valence-corrected chi connectivity index (χ0v) is 17.3. The number of thiophene rings is 1. The van der Waals surface area contributed by atoms with Crippen LogP contribution in [0, 0.1) is 13.8 Å². The molecule has 0 bridgehead atoms. The fourth-order valence-corrected chi connectivity index (χ4v) is 4.04. The first-order valence-electron chi connectivity index (χ1n) is 9.65. The number of hydrogen-bond acceptors (Lipinski definition) is 5. The molecule has 0 spiro atoms. The summed E-state index contributed by atoms with van der Waals surface area (Å²) in [6, 6.07) is 9.79. The number of aryl methyl sites for hydroxylation is 2. The molecule has 0 aliphatic carbocycles. The van der Waals surface area contributed by atoms with Gasteiger partial charge in [0.25, 0.3) is 11.8 Å². The van der Waals surface area contributed by atoms with E-state index in [-0.39, 0.29) is 17.9 Å². The number of carbonyl (C=O) groups is 2. The van der Waals surface area contributed by atoms with E-state index in [4.69, 9.17) is 0 Å². The van der Waals surface area contributed by atoms with Gasteiger partial charge in [0.05, 0.1) is 16.8 Å². The normalized spacial score (nSPS) is 14.8. The maximum Gasteiger partial charge on any atom is 0.276 e. The van der Waals surface area contributed by atoms with Crippen molar-refractivity contribution in [1.82, 2.24) is 25.2 Å². The summed E-state index contributed by atoms with van der Waals surface area (Å²) in [4.78, 5) is 27.5. The van der Waals surface area contributed by atoms with Gasteiger partial charge in [0.15, 0.2) is 5.69 Å². The molecular weight excluding hydrogens is 386 g/mol. The molecule has 3 aromatic rings. The monoisotopic (exact) mass is 409 g/mol. The molecule has 1 aromatic carbocycles. The highest BCUT2D eigenvalue weighted by atomic mass is 32.1. The van der Waals surface area contributed by atoms with Crippen LogP contribution in [0.4, 0.5) is 0 Å². The lowest BCUT2D eigenvalue weighted by Crippen LogP contribution is -2.46. The Morgan fingerprint density at radius 2 is 1.93 bits per heavy atom. The van der Waals surface area contributed by atoms with E-state index >= 15 is 0 Å². The summed E-state index contributed by atoms with van der Waals surface area (Å²) in [5.74, 6) is -0.163. The smallest absolute Gasteiger partial charge is 0.276 e. The Hall–Kier alpha value is -3.00. The molecule has 0 saturated carbocycles. The second-order valence-corrected chi connectivity index (χ2v) is 8.28. The summed E-state index contributed by atoms with van der Waals surface area (Å²) in [6.07, 6.45) is 3.14. The predicted octanol–water partition coefficient (Wildman–Crippen LogP) is 2.98. The summed E-state index contributed by atoms with van der Waals surface area (Å²) in [5, 5.41) is 13.1. The van der Waals surface area contributed by atoms with Crippen molar-refractivity contribution in [2.45, 2.75) is 32.7 Å². The van der Waals surface area contributed by atoms with E-state index in [1.807, 2.05) is 42.6 Å². The Kier molecular flexibility index (Phi) is 5.44. The second kappa shape index (κ2) is 8.16. The number of carbonyl (C=O) groups excluding carboxylic acids is 2. The molecule has 3 heterocycles. The second-order valence-electron chi connectivity index (χ2n) is 7.33. The summed E-state index contributed by atoms with van der Waals surface area (Å²) < 4.78 is 1.63. The van der Waals surface area contributed by atoms with E-state index in [0.29, 0.717) is 23.7 Å². The predicted molar refractivity (Wildman–Crippen MR) is 112 cm³/mol. The van der Waals surface area contributed by atoms with E-state index in [1.54, 1.807) is 15.8 Å². The lowest BCUT2D eigenvalue weighted by molar-refractivity contribution is 0.0692. The third-order valence-corrected chi connectivity index (χ3v) is 6.20. The third kappa shape index (κ3) is 4.22. The zero-order chi connectivity index (χ0) is 20.4. The number of nitrogens with zero attached hydrogens (tertiary/aromatic N) is 4. The lowest BCUT2D eigenvalue weighted by Gasteiger charge is -2.31. The van der Waals surface area contributed by atoms with Crippen LogP contribution >= 0.6 is 11.3 Å². The molecule has 1 aliphatic rings. The quantitative estimate of drug-likeness (QED) is 0.718. The van der Waals surface area contributed by atoms with Crippen LogP contribution in [0.2, 0.25) is 0 Å². The molecule has 8 heteroatoms. The van der Waals surface area contributed by atoms with Gasteiger partial charge in [0, 0.05) is 19.1 Å². The van der Waals surface area contributed by atoms with Crippen molar-refractivity contribution in [2.24, 2.45) is 0 Å². The van der Waals surface area contributed by atoms with Crippen LogP contribution in [0.1, 0.15) is 44.1 Å². The molecule has 7 nitrogen and oxygen atoms in total. The molecule has 4 rings (SSSR count). The number of rotatable bonds is 4. The van der Waals surface area contributed by atoms with Crippen LogP contribution in [-0.2, 0) is 0 Å². The average molecular weight is 410 g/mol. The third-order valence-electron chi connectivity index (χ3n) is 5.33. The van der Waals surface area contributed by atoms with E-state index in [0.717, 1.165) is 24.1 Å². The van der Waals surface area contributed by atoms with Crippen LogP contribution in [0.15, 0.2) is 41.9 Å². The molecule has 1 fully saturated rings. The summed E-state index contributed by atoms with van der Waals surface area (Å²) in [7, 11) is 0. The van der Waals surface area contributed by atoms with Crippen LogP contribution in [0.5, 0.6) is 0 Å². The average Bonchev–Trinajstić information content (AvgIpc) is 3.42. The van der Waals surface area contributed by atoms with Crippen LogP contribution in [0.25, 0.3) is 5.69 Å². The van der Waals surface area contributed by atoms with E-state index in [1.165, 1.54) is 16.9 Å². The number of hydrogen-bond donors (Lipinski definition) is 1. The topological polar surface area (TPSA) is 80.1 Å². The van der Waals surface area contributed by atoms with Crippen molar-refractivity contribution < 1.29 is 9.59 Å². The molecule has 150 valence electrons. The Labute approximate surface area is 173 Å². The molecule has 2 amide bonds. The molecule has 29 heavy (non-hydrogen) atoms. The summed E-state index contributed by atoms with van der Waals surface area (Å²) >= 11 is 1.43. The largest absolute Gasteiger partial charge is 0.348 e. The maximum atomic E-state index is 12.8. The van der Waals surface area contributed by atoms with Crippen molar-refractivity contribution in [1.29, 1.82) is 0 Å².